The van der Waals surface area contributed by atoms with Crippen LogP contribution in [0.25, 0.3) is 0 Å². The second-order valence-corrected chi connectivity index (χ2v) is 5.54. The third-order valence-corrected chi connectivity index (χ3v) is 4.16. The Balaban J connectivity index is 1.82. The minimum atomic E-state index is 0.167. The van der Waals surface area contributed by atoms with Gasteiger partial charge in [0.2, 0.25) is 0 Å². The van der Waals surface area contributed by atoms with Gasteiger partial charge in [0, 0.05) is 6.04 Å². The van der Waals surface area contributed by atoms with E-state index in [1.54, 1.807) is 0 Å². The smallest absolute Gasteiger partial charge is 0.123 e. The van der Waals surface area contributed by atoms with Gasteiger partial charge in [0.25, 0.3) is 0 Å². The Bertz CT molecular complexity index is 606. The van der Waals surface area contributed by atoms with Gasteiger partial charge in [0.1, 0.15) is 12.4 Å². The molecule has 0 heterocycles. The lowest BCUT2D eigenvalue weighted by molar-refractivity contribution is 0.300. The number of ether oxygens (including phenoxy) is 1. The molecule has 1 aliphatic carbocycles. The molecule has 0 radical (unpaired) electrons. The molecule has 2 nitrogen and oxygen atoms in total. The zero-order chi connectivity index (χ0) is 13.9. The van der Waals surface area contributed by atoms with Crippen LogP contribution in [0.3, 0.4) is 0 Å². The summed E-state index contributed by atoms with van der Waals surface area (Å²) in [4.78, 5) is 0. The zero-order valence-corrected chi connectivity index (χ0v) is 11.9. The summed E-state index contributed by atoms with van der Waals surface area (Å²) < 4.78 is 6.06. The zero-order valence-electron chi connectivity index (χ0n) is 11.9. The van der Waals surface area contributed by atoms with Gasteiger partial charge in [-0.1, -0.05) is 36.4 Å². The van der Waals surface area contributed by atoms with E-state index >= 15 is 0 Å². The molecule has 0 spiro atoms. The number of nitrogens with two attached hydrogens (primary N) is 1. The fraction of sp³-hybridized carbons (Fsp3) is 0.333. The van der Waals surface area contributed by atoms with E-state index in [9.17, 15) is 0 Å². The predicted octanol–water partition coefficient (Wildman–Crippen LogP) is 3.91. The van der Waals surface area contributed by atoms with E-state index in [0.717, 1.165) is 25.0 Å². The van der Waals surface area contributed by atoms with Gasteiger partial charge in [-0.05, 0) is 54.5 Å². The van der Waals surface area contributed by atoms with Crippen LogP contribution >= 0.6 is 0 Å². The summed E-state index contributed by atoms with van der Waals surface area (Å²) in [5, 5.41) is 0. The molecule has 104 valence electrons. The molecule has 0 amide bonds. The van der Waals surface area contributed by atoms with Crippen molar-refractivity contribution in [2.75, 3.05) is 0 Å². The molecule has 20 heavy (non-hydrogen) atoms. The summed E-state index contributed by atoms with van der Waals surface area (Å²) in [7, 11) is 0. The minimum Gasteiger partial charge on any atom is -0.489 e. The Morgan fingerprint density at radius 1 is 1.15 bits per heavy atom. The lowest BCUT2D eigenvalue weighted by atomic mass is 9.87. The summed E-state index contributed by atoms with van der Waals surface area (Å²) in [5.74, 6) is 1.00. The lowest BCUT2D eigenvalue weighted by Crippen LogP contribution is -2.18. The van der Waals surface area contributed by atoms with E-state index in [4.69, 9.17) is 10.5 Å². The van der Waals surface area contributed by atoms with Crippen LogP contribution in [0.4, 0.5) is 0 Å². The molecule has 0 aliphatic heterocycles. The molecule has 3 rings (SSSR count). The fourth-order valence-corrected chi connectivity index (χ4v) is 2.91. The standard InChI is InChI=1S/C18H21NO/c1-13-6-2-3-7-14(13)12-20-18-11-5-8-15-16(18)9-4-10-17(15)19/h2-3,5-8,11,17H,4,9-10,12,19H2,1H3. The lowest BCUT2D eigenvalue weighted by Gasteiger charge is -2.24. The van der Waals surface area contributed by atoms with Gasteiger partial charge in [0.15, 0.2) is 0 Å². The van der Waals surface area contributed by atoms with Crippen LogP contribution in [-0.2, 0) is 13.0 Å². The number of rotatable bonds is 3. The van der Waals surface area contributed by atoms with Gasteiger partial charge in [-0.3, -0.25) is 0 Å². The van der Waals surface area contributed by atoms with Crippen molar-refractivity contribution in [1.82, 2.24) is 0 Å². The van der Waals surface area contributed by atoms with Crippen LogP contribution in [0.2, 0.25) is 0 Å². The molecule has 2 aromatic carbocycles. The second-order valence-electron chi connectivity index (χ2n) is 5.54. The molecular formula is C18H21NO. The summed E-state index contributed by atoms with van der Waals surface area (Å²) >= 11 is 0. The van der Waals surface area contributed by atoms with Crippen molar-refractivity contribution in [2.45, 2.75) is 38.8 Å². The van der Waals surface area contributed by atoms with Crippen LogP contribution in [0.15, 0.2) is 42.5 Å². The molecule has 2 heteroatoms. The molecule has 2 aromatic rings. The summed E-state index contributed by atoms with van der Waals surface area (Å²) in [6.07, 6.45) is 3.31. The summed E-state index contributed by atoms with van der Waals surface area (Å²) in [6, 6.07) is 14.8. The maximum Gasteiger partial charge on any atom is 0.123 e. The highest BCUT2D eigenvalue weighted by Gasteiger charge is 2.19. The van der Waals surface area contributed by atoms with E-state index in [0.29, 0.717) is 6.61 Å². The Labute approximate surface area is 120 Å². The number of hydrogen-bond donors (Lipinski definition) is 1. The van der Waals surface area contributed by atoms with E-state index in [-0.39, 0.29) is 6.04 Å². The van der Waals surface area contributed by atoms with Gasteiger partial charge in [-0.15, -0.1) is 0 Å². The molecule has 0 saturated heterocycles. The van der Waals surface area contributed by atoms with Crippen LogP contribution in [-0.4, -0.2) is 0 Å². The van der Waals surface area contributed by atoms with E-state index in [2.05, 4.69) is 49.4 Å². The average molecular weight is 267 g/mol. The van der Waals surface area contributed by atoms with Gasteiger partial charge < -0.3 is 10.5 Å². The quantitative estimate of drug-likeness (QED) is 0.915. The molecule has 0 fully saturated rings. The van der Waals surface area contributed by atoms with Gasteiger partial charge in [-0.25, -0.2) is 0 Å². The summed E-state index contributed by atoms with van der Waals surface area (Å²) in [6.45, 7) is 2.74. The Hall–Kier alpha value is -1.80. The highest BCUT2D eigenvalue weighted by molar-refractivity contribution is 5.43. The maximum absolute atomic E-state index is 6.19. The largest absolute Gasteiger partial charge is 0.489 e. The van der Waals surface area contributed by atoms with E-state index < -0.39 is 0 Å². The van der Waals surface area contributed by atoms with Crippen LogP contribution in [0.1, 0.15) is 41.1 Å². The average Bonchev–Trinajstić information content (AvgIpc) is 2.47. The highest BCUT2D eigenvalue weighted by atomic mass is 16.5. The number of fused-ring (bicyclic) bond motifs is 1. The first-order valence-electron chi connectivity index (χ1n) is 7.30. The van der Waals surface area contributed by atoms with Crippen molar-refractivity contribution < 1.29 is 4.74 Å². The number of aryl methyl sites for hydroxylation is 1. The van der Waals surface area contributed by atoms with Crippen molar-refractivity contribution in [2.24, 2.45) is 5.73 Å². The van der Waals surface area contributed by atoms with Crippen molar-refractivity contribution in [3.05, 3.63) is 64.7 Å². The first-order chi connectivity index (χ1) is 9.75. The van der Waals surface area contributed by atoms with E-state index in [1.165, 1.54) is 22.3 Å². The minimum absolute atomic E-state index is 0.167. The molecular weight excluding hydrogens is 246 g/mol. The monoisotopic (exact) mass is 267 g/mol. The van der Waals surface area contributed by atoms with Crippen LogP contribution in [0.5, 0.6) is 5.75 Å². The topological polar surface area (TPSA) is 35.2 Å². The van der Waals surface area contributed by atoms with Crippen molar-refractivity contribution in [3.63, 3.8) is 0 Å². The molecule has 0 bridgehead atoms. The maximum atomic E-state index is 6.19. The van der Waals surface area contributed by atoms with Crippen LogP contribution < -0.4 is 10.5 Å². The Morgan fingerprint density at radius 3 is 2.85 bits per heavy atom. The third kappa shape index (κ3) is 2.56. The van der Waals surface area contributed by atoms with Crippen molar-refractivity contribution in [3.8, 4) is 5.75 Å². The Morgan fingerprint density at radius 2 is 2.00 bits per heavy atom. The van der Waals surface area contributed by atoms with Gasteiger partial charge in [-0.2, -0.15) is 0 Å². The van der Waals surface area contributed by atoms with Crippen molar-refractivity contribution >= 4 is 0 Å². The first-order valence-corrected chi connectivity index (χ1v) is 7.30. The van der Waals surface area contributed by atoms with Crippen LogP contribution in [0, 0.1) is 6.92 Å². The number of benzene rings is 2. The highest BCUT2D eigenvalue weighted by Crippen LogP contribution is 2.34. The molecule has 0 aromatic heterocycles. The fourth-order valence-electron chi connectivity index (χ4n) is 2.91. The van der Waals surface area contributed by atoms with Crippen molar-refractivity contribution in [1.29, 1.82) is 0 Å². The molecule has 1 aliphatic rings. The SMILES string of the molecule is Cc1ccccc1COc1cccc2c1CCCC2N. The molecule has 2 N–H and O–H groups in total. The molecule has 1 unspecified atom stereocenters. The molecule has 1 atom stereocenters. The first kappa shape index (κ1) is 13.2. The number of hydrogen-bond acceptors (Lipinski definition) is 2. The third-order valence-electron chi connectivity index (χ3n) is 4.16. The molecule has 0 saturated carbocycles. The normalized spacial score (nSPS) is 17.6. The summed E-state index contributed by atoms with van der Waals surface area (Å²) in [5.41, 5.74) is 11.3. The predicted molar refractivity (Wildman–Crippen MR) is 81.8 cm³/mol. The second kappa shape index (κ2) is 5.68. The Kier molecular flexibility index (Phi) is 3.75. The van der Waals surface area contributed by atoms with Gasteiger partial charge >= 0.3 is 0 Å². The van der Waals surface area contributed by atoms with E-state index in [1.807, 2.05) is 0 Å². The van der Waals surface area contributed by atoms with Gasteiger partial charge in [0.05, 0.1) is 0 Å².